The highest BCUT2D eigenvalue weighted by molar-refractivity contribution is 5.83. The maximum absolute atomic E-state index is 13.2. The molecular weight excluding hydrogens is 490 g/mol. The molecule has 0 aromatic heterocycles. The second kappa shape index (κ2) is 10.4. The Bertz CT molecular complexity index is 1020. The molecule has 2 atom stereocenters. The van der Waals surface area contributed by atoms with Crippen LogP contribution in [-0.2, 0) is 38.8 Å². The smallest absolute Gasteiger partial charge is 0.379 e. The standard InChI is InChI=1S/C25H26F6N2O3/c26-24(27,28)19-12-17(13-20(14-19)25(29,30)31)15-36-16-23(18-4-2-1-3-5-18)7-6-21(22(34)32-23)33-8-10-35-11-9-33/h1-5,12-14,21H,6-11,15-16H2,(H,32,34). The van der Waals surface area contributed by atoms with Gasteiger partial charge in [0.15, 0.2) is 0 Å². The van der Waals surface area contributed by atoms with Crippen molar-refractivity contribution in [1.82, 2.24) is 10.2 Å². The molecule has 2 saturated heterocycles. The van der Waals surface area contributed by atoms with Crippen LogP contribution in [0.3, 0.4) is 0 Å². The average molecular weight is 516 g/mol. The number of benzene rings is 2. The fourth-order valence-electron chi connectivity index (χ4n) is 4.74. The zero-order chi connectivity index (χ0) is 26.0. The first-order valence-electron chi connectivity index (χ1n) is 11.5. The number of carbonyl (C=O) groups excluding carboxylic acids is 1. The fourth-order valence-corrected chi connectivity index (χ4v) is 4.74. The second-order valence-electron chi connectivity index (χ2n) is 9.05. The molecule has 0 bridgehead atoms. The molecule has 5 nitrogen and oxygen atoms in total. The molecule has 2 unspecified atom stereocenters. The largest absolute Gasteiger partial charge is 0.416 e. The summed E-state index contributed by atoms with van der Waals surface area (Å²) in [5.41, 5.74) is -3.26. The molecule has 1 amide bonds. The summed E-state index contributed by atoms with van der Waals surface area (Å²) in [6.45, 7) is 1.73. The first kappa shape index (κ1) is 26.4. The molecule has 11 heteroatoms. The summed E-state index contributed by atoms with van der Waals surface area (Å²) < 4.78 is 90.2. The summed E-state index contributed by atoms with van der Waals surface area (Å²) in [5, 5.41) is 3.04. The summed E-state index contributed by atoms with van der Waals surface area (Å²) >= 11 is 0. The number of nitrogens with one attached hydrogen (secondary N) is 1. The normalized spacial score (nSPS) is 23.9. The Morgan fingerprint density at radius 1 is 0.972 bits per heavy atom. The van der Waals surface area contributed by atoms with Crippen LogP contribution >= 0.6 is 0 Å². The van der Waals surface area contributed by atoms with Gasteiger partial charge in [-0.3, -0.25) is 9.69 Å². The number of alkyl halides is 6. The van der Waals surface area contributed by atoms with E-state index in [1.807, 2.05) is 12.1 Å². The van der Waals surface area contributed by atoms with Gasteiger partial charge in [-0.15, -0.1) is 0 Å². The van der Waals surface area contributed by atoms with Gasteiger partial charge in [0.2, 0.25) is 5.91 Å². The van der Waals surface area contributed by atoms with Gasteiger partial charge in [0.05, 0.1) is 49.1 Å². The summed E-state index contributed by atoms with van der Waals surface area (Å²) in [5.74, 6) is -0.200. The van der Waals surface area contributed by atoms with Gasteiger partial charge in [0.25, 0.3) is 0 Å². The maximum atomic E-state index is 13.2. The van der Waals surface area contributed by atoms with Gasteiger partial charge in [-0.1, -0.05) is 30.3 Å². The number of ether oxygens (including phenoxy) is 2. The number of nitrogens with zero attached hydrogens (tertiary/aromatic N) is 1. The third-order valence-corrected chi connectivity index (χ3v) is 6.59. The summed E-state index contributed by atoms with van der Waals surface area (Å²) in [7, 11) is 0. The molecule has 2 aromatic rings. The zero-order valence-corrected chi connectivity index (χ0v) is 19.3. The van der Waals surface area contributed by atoms with Crippen LogP contribution in [0.1, 0.15) is 35.1 Å². The Labute approximate surface area is 204 Å². The number of hydrogen-bond donors (Lipinski definition) is 1. The molecule has 0 aliphatic carbocycles. The van der Waals surface area contributed by atoms with E-state index in [0.29, 0.717) is 51.3 Å². The summed E-state index contributed by atoms with van der Waals surface area (Å²) in [4.78, 5) is 15.2. The Hall–Kier alpha value is -2.63. The molecule has 2 fully saturated rings. The highest BCUT2D eigenvalue weighted by atomic mass is 19.4. The van der Waals surface area contributed by atoms with E-state index in [-0.39, 0.29) is 30.2 Å². The van der Waals surface area contributed by atoms with Crippen molar-refractivity contribution in [1.29, 1.82) is 0 Å². The van der Waals surface area contributed by atoms with Gasteiger partial charge in [0, 0.05) is 13.1 Å². The van der Waals surface area contributed by atoms with E-state index in [9.17, 15) is 31.1 Å². The first-order valence-corrected chi connectivity index (χ1v) is 11.5. The Kier molecular flexibility index (Phi) is 7.63. The third kappa shape index (κ3) is 6.01. The highest BCUT2D eigenvalue weighted by Crippen LogP contribution is 2.37. The van der Waals surface area contributed by atoms with E-state index in [2.05, 4.69) is 10.2 Å². The van der Waals surface area contributed by atoms with Crippen molar-refractivity contribution in [3.8, 4) is 0 Å². The van der Waals surface area contributed by atoms with Gasteiger partial charge in [0.1, 0.15) is 0 Å². The van der Waals surface area contributed by atoms with Crippen LogP contribution in [0.4, 0.5) is 26.3 Å². The predicted molar refractivity (Wildman–Crippen MR) is 118 cm³/mol. The van der Waals surface area contributed by atoms with E-state index in [0.717, 1.165) is 5.56 Å². The molecular formula is C25H26F6N2O3. The van der Waals surface area contributed by atoms with Crippen LogP contribution in [0.5, 0.6) is 0 Å². The van der Waals surface area contributed by atoms with Crippen LogP contribution in [0, 0.1) is 0 Å². The molecule has 36 heavy (non-hydrogen) atoms. The van der Waals surface area contributed by atoms with Crippen molar-refractivity contribution in [2.24, 2.45) is 0 Å². The van der Waals surface area contributed by atoms with Gasteiger partial charge in [-0.2, -0.15) is 26.3 Å². The molecule has 2 aromatic carbocycles. The number of amides is 1. The second-order valence-corrected chi connectivity index (χ2v) is 9.05. The van der Waals surface area contributed by atoms with E-state index in [4.69, 9.17) is 9.47 Å². The van der Waals surface area contributed by atoms with Gasteiger partial charge < -0.3 is 14.8 Å². The zero-order valence-electron chi connectivity index (χ0n) is 19.3. The van der Waals surface area contributed by atoms with Gasteiger partial charge in [-0.05, 0) is 42.2 Å². The average Bonchev–Trinajstić information content (AvgIpc) is 2.84. The monoisotopic (exact) mass is 516 g/mol. The van der Waals surface area contributed by atoms with E-state index < -0.39 is 35.6 Å². The number of morpholine rings is 1. The van der Waals surface area contributed by atoms with Crippen LogP contribution in [0.15, 0.2) is 48.5 Å². The number of hydrogen-bond acceptors (Lipinski definition) is 4. The molecule has 2 aliphatic rings. The lowest BCUT2D eigenvalue weighted by Gasteiger charge is -2.44. The molecule has 0 saturated carbocycles. The molecule has 0 spiro atoms. The van der Waals surface area contributed by atoms with Crippen LogP contribution in [0.2, 0.25) is 0 Å². The van der Waals surface area contributed by atoms with E-state index >= 15 is 0 Å². The van der Waals surface area contributed by atoms with Crippen molar-refractivity contribution in [2.45, 2.75) is 43.4 Å². The Balaban J connectivity index is 1.53. The summed E-state index contributed by atoms with van der Waals surface area (Å²) in [6.07, 6.45) is -8.87. The predicted octanol–water partition coefficient (Wildman–Crippen LogP) is 4.75. The minimum absolute atomic E-state index is 0.0854. The lowest BCUT2D eigenvalue weighted by molar-refractivity contribution is -0.143. The number of halogens is 6. The topological polar surface area (TPSA) is 50.8 Å². The first-order chi connectivity index (χ1) is 17.0. The molecule has 196 valence electrons. The van der Waals surface area contributed by atoms with Gasteiger partial charge in [-0.25, -0.2) is 0 Å². The fraction of sp³-hybridized carbons (Fsp3) is 0.480. The number of piperidine rings is 1. The van der Waals surface area contributed by atoms with Crippen molar-refractivity contribution in [2.75, 3.05) is 32.9 Å². The van der Waals surface area contributed by atoms with Gasteiger partial charge >= 0.3 is 12.4 Å². The van der Waals surface area contributed by atoms with Crippen LogP contribution in [0.25, 0.3) is 0 Å². The van der Waals surface area contributed by atoms with Crippen molar-refractivity contribution < 1.29 is 40.6 Å². The third-order valence-electron chi connectivity index (χ3n) is 6.59. The Morgan fingerprint density at radius 2 is 1.58 bits per heavy atom. The SMILES string of the molecule is O=C1NC(COCc2cc(C(F)(F)F)cc(C(F)(F)F)c2)(c2ccccc2)CCC1N1CCOCC1. The quantitative estimate of drug-likeness (QED) is 0.564. The molecule has 1 N–H and O–H groups in total. The molecule has 0 radical (unpaired) electrons. The maximum Gasteiger partial charge on any atom is 0.416 e. The lowest BCUT2D eigenvalue weighted by Crippen LogP contribution is -2.61. The van der Waals surface area contributed by atoms with Crippen LogP contribution < -0.4 is 5.32 Å². The minimum atomic E-state index is -4.94. The molecule has 2 aliphatic heterocycles. The van der Waals surface area contributed by atoms with E-state index in [1.54, 1.807) is 18.2 Å². The number of rotatable bonds is 6. The highest BCUT2D eigenvalue weighted by Gasteiger charge is 2.43. The Morgan fingerprint density at radius 3 is 2.14 bits per heavy atom. The number of carbonyl (C=O) groups is 1. The van der Waals surface area contributed by atoms with Crippen molar-refractivity contribution in [3.63, 3.8) is 0 Å². The molecule has 2 heterocycles. The van der Waals surface area contributed by atoms with E-state index in [1.165, 1.54) is 0 Å². The molecule has 4 rings (SSSR count). The van der Waals surface area contributed by atoms with Crippen LogP contribution in [-0.4, -0.2) is 49.8 Å². The van der Waals surface area contributed by atoms with Crippen molar-refractivity contribution in [3.05, 3.63) is 70.8 Å². The summed E-state index contributed by atoms with van der Waals surface area (Å²) in [6, 6.07) is 10.1. The minimum Gasteiger partial charge on any atom is -0.379 e. The van der Waals surface area contributed by atoms with Crippen molar-refractivity contribution >= 4 is 5.91 Å². The lowest BCUT2D eigenvalue weighted by atomic mass is 9.81.